The van der Waals surface area contributed by atoms with Crippen LogP contribution in [-0.2, 0) is 12.8 Å². The van der Waals surface area contributed by atoms with Crippen LogP contribution in [0.3, 0.4) is 0 Å². The van der Waals surface area contributed by atoms with E-state index in [-0.39, 0.29) is 0 Å². The van der Waals surface area contributed by atoms with Crippen LogP contribution in [0.2, 0.25) is 5.02 Å². The Labute approximate surface area is 93.4 Å². The molecule has 0 saturated carbocycles. The molecule has 0 atom stereocenters. The highest BCUT2D eigenvalue weighted by molar-refractivity contribution is 9.09. The smallest absolute Gasteiger partial charge is 0.0438 e. The van der Waals surface area contributed by atoms with Crippen molar-refractivity contribution in [3.8, 4) is 0 Å². The summed E-state index contributed by atoms with van der Waals surface area (Å²) in [5, 5.41) is 1.86. The quantitative estimate of drug-likeness (QED) is 0.712. The highest BCUT2D eigenvalue weighted by Gasteiger charge is 2.00. The molecule has 0 aromatic heterocycles. The van der Waals surface area contributed by atoms with Crippen LogP contribution >= 0.6 is 27.5 Å². The van der Waals surface area contributed by atoms with Crippen LogP contribution in [0.25, 0.3) is 0 Å². The molecule has 0 aliphatic rings. The first-order valence-electron chi connectivity index (χ1n) is 4.61. The Hall–Kier alpha value is -0.0100. The van der Waals surface area contributed by atoms with Crippen molar-refractivity contribution in [3.05, 3.63) is 34.3 Å². The van der Waals surface area contributed by atoms with Gasteiger partial charge in [0.2, 0.25) is 0 Å². The zero-order chi connectivity index (χ0) is 9.68. The van der Waals surface area contributed by atoms with E-state index in [9.17, 15) is 0 Å². The summed E-state index contributed by atoms with van der Waals surface area (Å²) >= 11 is 9.48. The normalized spacial score (nSPS) is 10.4. The molecule has 0 amide bonds. The van der Waals surface area contributed by atoms with Gasteiger partial charge in [-0.15, -0.1) is 0 Å². The van der Waals surface area contributed by atoms with E-state index in [2.05, 4.69) is 35.0 Å². The maximum Gasteiger partial charge on any atom is 0.0438 e. The summed E-state index contributed by atoms with van der Waals surface area (Å²) in [6.07, 6.45) is 3.35. The predicted molar refractivity (Wildman–Crippen MR) is 62.9 cm³/mol. The summed E-state index contributed by atoms with van der Waals surface area (Å²) in [6, 6.07) is 6.33. The lowest BCUT2D eigenvalue weighted by Gasteiger charge is -2.05. The molecule has 0 fully saturated rings. The molecule has 0 saturated heterocycles. The van der Waals surface area contributed by atoms with E-state index >= 15 is 0 Å². The van der Waals surface area contributed by atoms with Gasteiger partial charge in [-0.25, -0.2) is 0 Å². The number of hydrogen-bond donors (Lipinski definition) is 0. The molecule has 0 aliphatic heterocycles. The zero-order valence-corrected chi connectivity index (χ0v) is 10.2. The minimum Gasteiger partial charge on any atom is -0.0924 e. The first kappa shape index (κ1) is 11.1. The van der Waals surface area contributed by atoms with E-state index in [1.165, 1.54) is 17.5 Å². The van der Waals surface area contributed by atoms with E-state index in [0.717, 1.165) is 23.2 Å². The summed E-state index contributed by atoms with van der Waals surface area (Å²) in [7, 11) is 0. The van der Waals surface area contributed by atoms with Crippen molar-refractivity contribution in [1.82, 2.24) is 0 Å². The van der Waals surface area contributed by atoms with Gasteiger partial charge in [-0.1, -0.05) is 53.0 Å². The van der Waals surface area contributed by atoms with Crippen LogP contribution in [0.4, 0.5) is 0 Å². The van der Waals surface area contributed by atoms with Crippen molar-refractivity contribution < 1.29 is 0 Å². The van der Waals surface area contributed by atoms with Crippen molar-refractivity contribution >= 4 is 27.5 Å². The zero-order valence-electron chi connectivity index (χ0n) is 7.82. The number of aryl methyl sites for hydroxylation is 2. The second-order valence-corrected chi connectivity index (χ2v) is 4.31. The van der Waals surface area contributed by atoms with Crippen LogP contribution < -0.4 is 0 Å². The molecular formula is C11H14BrCl. The highest BCUT2D eigenvalue weighted by atomic mass is 79.9. The van der Waals surface area contributed by atoms with Gasteiger partial charge >= 0.3 is 0 Å². The van der Waals surface area contributed by atoms with E-state index in [1.807, 2.05) is 6.07 Å². The summed E-state index contributed by atoms with van der Waals surface area (Å²) in [6.45, 7) is 2.19. The molecule has 1 rings (SSSR count). The average molecular weight is 262 g/mol. The van der Waals surface area contributed by atoms with Gasteiger partial charge < -0.3 is 0 Å². The van der Waals surface area contributed by atoms with Crippen LogP contribution in [0.5, 0.6) is 0 Å². The lowest BCUT2D eigenvalue weighted by molar-refractivity contribution is 0.918. The van der Waals surface area contributed by atoms with E-state index in [0.29, 0.717) is 0 Å². The second kappa shape index (κ2) is 5.66. The van der Waals surface area contributed by atoms with Crippen molar-refractivity contribution in [2.75, 3.05) is 5.33 Å². The third-order valence-corrected chi connectivity index (χ3v) is 2.78. The summed E-state index contributed by atoms with van der Waals surface area (Å²) in [4.78, 5) is 0. The Bertz CT molecular complexity index is 271. The standard InChI is InChI=1S/C11H14BrCl/c1-2-3-9-4-5-11(13)10(8-9)6-7-12/h4-5,8H,2-3,6-7H2,1H3. The number of alkyl halides is 1. The molecule has 0 unspecified atom stereocenters. The Balaban J connectivity index is 2.83. The fraction of sp³-hybridized carbons (Fsp3) is 0.455. The fourth-order valence-electron chi connectivity index (χ4n) is 1.37. The minimum absolute atomic E-state index is 0.888. The van der Waals surface area contributed by atoms with Gasteiger partial charge in [0.25, 0.3) is 0 Å². The van der Waals surface area contributed by atoms with E-state index in [4.69, 9.17) is 11.6 Å². The van der Waals surface area contributed by atoms with E-state index < -0.39 is 0 Å². The number of benzene rings is 1. The van der Waals surface area contributed by atoms with Gasteiger partial charge in [0.1, 0.15) is 0 Å². The Morgan fingerprint density at radius 3 is 2.69 bits per heavy atom. The molecule has 0 aliphatic carbocycles. The van der Waals surface area contributed by atoms with Gasteiger partial charge in [-0.05, 0) is 30.0 Å². The summed E-state index contributed by atoms with van der Waals surface area (Å²) in [5.74, 6) is 0. The van der Waals surface area contributed by atoms with Gasteiger partial charge in [-0.2, -0.15) is 0 Å². The van der Waals surface area contributed by atoms with Gasteiger partial charge in [0, 0.05) is 10.4 Å². The first-order chi connectivity index (χ1) is 6.27. The van der Waals surface area contributed by atoms with Crippen molar-refractivity contribution in [3.63, 3.8) is 0 Å². The molecule has 0 radical (unpaired) electrons. The highest BCUT2D eigenvalue weighted by Crippen LogP contribution is 2.19. The Morgan fingerprint density at radius 2 is 2.08 bits per heavy atom. The van der Waals surface area contributed by atoms with Crippen LogP contribution in [0.15, 0.2) is 18.2 Å². The van der Waals surface area contributed by atoms with Crippen LogP contribution in [0.1, 0.15) is 24.5 Å². The van der Waals surface area contributed by atoms with Crippen molar-refractivity contribution in [2.24, 2.45) is 0 Å². The maximum absolute atomic E-state index is 6.05. The lowest BCUT2D eigenvalue weighted by atomic mass is 10.1. The molecule has 0 spiro atoms. The molecule has 72 valence electrons. The topological polar surface area (TPSA) is 0 Å². The molecule has 0 bridgehead atoms. The number of rotatable bonds is 4. The second-order valence-electron chi connectivity index (χ2n) is 3.11. The molecule has 1 aromatic rings. The first-order valence-corrected chi connectivity index (χ1v) is 6.11. The third kappa shape index (κ3) is 3.32. The maximum atomic E-state index is 6.05. The summed E-state index contributed by atoms with van der Waals surface area (Å²) < 4.78 is 0. The number of halogens is 2. The fourth-order valence-corrected chi connectivity index (χ4v) is 2.00. The lowest BCUT2D eigenvalue weighted by Crippen LogP contribution is -1.91. The monoisotopic (exact) mass is 260 g/mol. The Morgan fingerprint density at radius 1 is 1.31 bits per heavy atom. The van der Waals surface area contributed by atoms with Crippen LogP contribution in [0, 0.1) is 0 Å². The minimum atomic E-state index is 0.888. The van der Waals surface area contributed by atoms with E-state index in [1.54, 1.807) is 0 Å². The third-order valence-electron chi connectivity index (χ3n) is 2.01. The molecule has 1 aromatic carbocycles. The van der Waals surface area contributed by atoms with Gasteiger partial charge in [0.15, 0.2) is 0 Å². The summed E-state index contributed by atoms with van der Waals surface area (Å²) in [5.41, 5.74) is 2.65. The van der Waals surface area contributed by atoms with Crippen LogP contribution in [-0.4, -0.2) is 5.33 Å². The largest absolute Gasteiger partial charge is 0.0924 e. The molecule has 0 N–H and O–H groups in total. The predicted octanol–water partition coefficient (Wildman–Crippen LogP) is 4.23. The van der Waals surface area contributed by atoms with Gasteiger partial charge in [-0.3, -0.25) is 0 Å². The molecule has 13 heavy (non-hydrogen) atoms. The molecule has 0 nitrogen and oxygen atoms in total. The Kier molecular flexibility index (Phi) is 4.82. The van der Waals surface area contributed by atoms with Gasteiger partial charge in [0.05, 0.1) is 0 Å². The van der Waals surface area contributed by atoms with Crippen molar-refractivity contribution in [1.29, 1.82) is 0 Å². The van der Waals surface area contributed by atoms with Crippen molar-refractivity contribution in [2.45, 2.75) is 26.2 Å². The molecule has 2 heteroatoms. The molecule has 0 heterocycles. The SMILES string of the molecule is CCCc1ccc(Cl)c(CCBr)c1. The molecular weight excluding hydrogens is 247 g/mol. The average Bonchev–Trinajstić information content (AvgIpc) is 2.12. The number of hydrogen-bond acceptors (Lipinski definition) is 0.